The molecule has 3 unspecified atom stereocenters. The molecule has 7 nitrogen and oxygen atoms in total. The van der Waals surface area contributed by atoms with Crippen LogP contribution in [0.25, 0.3) is 0 Å². The molecule has 0 aliphatic carbocycles. The Morgan fingerprint density at radius 2 is 2.28 bits per heavy atom. The van der Waals surface area contributed by atoms with E-state index in [2.05, 4.69) is 21.0 Å². The summed E-state index contributed by atoms with van der Waals surface area (Å²) in [7, 11) is 0. The Kier molecular flexibility index (Phi) is 4.46. The minimum atomic E-state index is -1.23. The summed E-state index contributed by atoms with van der Waals surface area (Å²) in [6.07, 6.45) is -2.43. The van der Waals surface area contributed by atoms with Gasteiger partial charge in [-0.1, -0.05) is 0 Å². The molecule has 4 N–H and O–H groups in total. The largest absolute Gasteiger partial charge is 0.394 e. The number of aliphatic hydroxyl groups is 3. The molecule has 0 spiro atoms. The molecule has 0 bridgehead atoms. The third-order valence-corrected chi connectivity index (χ3v) is 3.53. The SMILES string of the molecule is CC1CN(c2nsnc2C(O)C(O)CO)CCN1. The van der Waals surface area contributed by atoms with Crippen molar-refractivity contribution in [2.24, 2.45) is 0 Å². The highest BCUT2D eigenvalue weighted by atomic mass is 32.1. The quantitative estimate of drug-likeness (QED) is 0.542. The van der Waals surface area contributed by atoms with Crippen LogP contribution >= 0.6 is 11.7 Å². The molecule has 0 saturated carbocycles. The van der Waals surface area contributed by atoms with E-state index in [0.717, 1.165) is 31.4 Å². The topological polar surface area (TPSA) is 102 Å². The molecule has 1 aromatic heterocycles. The first-order chi connectivity index (χ1) is 8.63. The number of rotatable bonds is 4. The van der Waals surface area contributed by atoms with E-state index in [4.69, 9.17) is 5.11 Å². The molecule has 1 aromatic rings. The summed E-state index contributed by atoms with van der Waals surface area (Å²) in [6.45, 7) is 3.97. The Morgan fingerprint density at radius 1 is 1.50 bits per heavy atom. The van der Waals surface area contributed by atoms with Crippen LogP contribution in [0.3, 0.4) is 0 Å². The van der Waals surface area contributed by atoms with E-state index >= 15 is 0 Å². The van der Waals surface area contributed by atoms with E-state index < -0.39 is 18.8 Å². The molecule has 8 heteroatoms. The minimum Gasteiger partial charge on any atom is -0.394 e. The Balaban J connectivity index is 2.16. The smallest absolute Gasteiger partial charge is 0.168 e. The zero-order valence-electron chi connectivity index (χ0n) is 10.2. The van der Waals surface area contributed by atoms with E-state index in [0.29, 0.717) is 17.6 Å². The Bertz CT molecular complexity index is 389. The van der Waals surface area contributed by atoms with Gasteiger partial charge in [0.05, 0.1) is 18.3 Å². The summed E-state index contributed by atoms with van der Waals surface area (Å²) in [5.74, 6) is 0.605. The van der Waals surface area contributed by atoms with E-state index in [1.54, 1.807) is 0 Å². The standard InChI is InChI=1S/C10H18N4O3S/c1-6-4-14(3-2-11-6)10-8(12-18-13-10)9(17)7(16)5-15/h6-7,9,11,15-17H,2-5H2,1H3. The van der Waals surface area contributed by atoms with Crippen molar-refractivity contribution in [2.45, 2.75) is 25.2 Å². The first-order valence-corrected chi connectivity index (χ1v) is 6.64. The van der Waals surface area contributed by atoms with Crippen molar-refractivity contribution < 1.29 is 15.3 Å². The normalized spacial score (nSPS) is 24.0. The van der Waals surface area contributed by atoms with Crippen molar-refractivity contribution in [2.75, 3.05) is 31.1 Å². The van der Waals surface area contributed by atoms with Crippen LogP contribution in [0.1, 0.15) is 18.7 Å². The van der Waals surface area contributed by atoms with Crippen LogP contribution in [0.15, 0.2) is 0 Å². The number of aliphatic hydroxyl groups excluding tert-OH is 3. The fourth-order valence-corrected chi connectivity index (χ4v) is 2.61. The van der Waals surface area contributed by atoms with Gasteiger partial charge in [0.2, 0.25) is 0 Å². The number of nitrogens with one attached hydrogen (secondary N) is 1. The van der Waals surface area contributed by atoms with Crippen molar-refractivity contribution in [1.29, 1.82) is 0 Å². The summed E-state index contributed by atoms with van der Waals surface area (Å²) >= 11 is 1.00. The van der Waals surface area contributed by atoms with E-state index in [1.165, 1.54) is 0 Å². The highest BCUT2D eigenvalue weighted by Gasteiger charge is 2.28. The van der Waals surface area contributed by atoms with Crippen LogP contribution in [-0.2, 0) is 0 Å². The van der Waals surface area contributed by atoms with Crippen LogP contribution in [0.4, 0.5) is 5.82 Å². The van der Waals surface area contributed by atoms with E-state index in [1.807, 2.05) is 4.90 Å². The third-order valence-electron chi connectivity index (χ3n) is 3.00. The van der Waals surface area contributed by atoms with Gasteiger partial charge in [-0.3, -0.25) is 0 Å². The fraction of sp³-hybridized carbons (Fsp3) is 0.800. The van der Waals surface area contributed by atoms with Gasteiger partial charge in [-0.05, 0) is 6.92 Å². The maximum Gasteiger partial charge on any atom is 0.168 e. The molecule has 2 rings (SSSR count). The lowest BCUT2D eigenvalue weighted by atomic mass is 10.1. The van der Waals surface area contributed by atoms with Gasteiger partial charge in [0, 0.05) is 25.7 Å². The average molecular weight is 274 g/mol. The third kappa shape index (κ3) is 2.78. The summed E-state index contributed by atoms with van der Waals surface area (Å²) in [4.78, 5) is 2.04. The molecule has 18 heavy (non-hydrogen) atoms. The molecule has 1 fully saturated rings. The number of piperazine rings is 1. The molecule has 1 aliphatic heterocycles. The van der Waals surface area contributed by atoms with Gasteiger partial charge in [0.15, 0.2) is 5.82 Å². The second-order valence-electron chi connectivity index (χ2n) is 4.47. The summed E-state index contributed by atoms with van der Waals surface area (Å²) in [6, 6.07) is 0.341. The van der Waals surface area contributed by atoms with Gasteiger partial charge in [-0.15, -0.1) is 0 Å². The molecular formula is C10H18N4O3S. The highest BCUT2D eigenvalue weighted by molar-refractivity contribution is 6.99. The molecule has 2 heterocycles. The van der Waals surface area contributed by atoms with E-state index in [-0.39, 0.29) is 0 Å². The van der Waals surface area contributed by atoms with Crippen molar-refractivity contribution in [3.8, 4) is 0 Å². The molecule has 3 atom stereocenters. The first kappa shape index (κ1) is 13.6. The number of nitrogens with zero attached hydrogens (tertiary/aromatic N) is 3. The van der Waals surface area contributed by atoms with Gasteiger partial charge in [0.1, 0.15) is 17.9 Å². The van der Waals surface area contributed by atoms with Gasteiger partial charge in [-0.2, -0.15) is 8.75 Å². The van der Waals surface area contributed by atoms with Gasteiger partial charge < -0.3 is 25.5 Å². The molecule has 0 amide bonds. The Labute approximate surface area is 109 Å². The number of aromatic nitrogens is 2. The van der Waals surface area contributed by atoms with Gasteiger partial charge in [0.25, 0.3) is 0 Å². The van der Waals surface area contributed by atoms with Crippen molar-refractivity contribution >= 4 is 17.5 Å². The average Bonchev–Trinajstić information content (AvgIpc) is 2.86. The molecular weight excluding hydrogens is 256 g/mol. The maximum absolute atomic E-state index is 9.91. The lowest BCUT2D eigenvalue weighted by molar-refractivity contribution is -0.0167. The molecule has 102 valence electrons. The van der Waals surface area contributed by atoms with E-state index in [9.17, 15) is 10.2 Å². The van der Waals surface area contributed by atoms with Crippen LogP contribution in [0, 0.1) is 0 Å². The van der Waals surface area contributed by atoms with Crippen LogP contribution < -0.4 is 10.2 Å². The predicted octanol–water partition coefficient (Wildman–Crippen LogP) is -1.28. The van der Waals surface area contributed by atoms with Crippen molar-refractivity contribution in [3.05, 3.63) is 5.69 Å². The molecule has 0 aromatic carbocycles. The predicted molar refractivity (Wildman–Crippen MR) is 67.6 cm³/mol. The number of hydrogen-bond donors (Lipinski definition) is 4. The lowest BCUT2D eigenvalue weighted by Gasteiger charge is -2.32. The Hall–Kier alpha value is -0.800. The molecule has 0 radical (unpaired) electrons. The summed E-state index contributed by atoms with van der Waals surface area (Å²) in [5.41, 5.74) is 0.343. The fourth-order valence-electron chi connectivity index (χ4n) is 2.00. The summed E-state index contributed by atoms with van der Waals surface area (Å²) < 4.78 is 8.22. The van der Waals surface area contributed by atoms with Gasteiger partial charge >= 0.3 is 0 Å². The van der Waals surface area contributed by atoms with Crippen LogP contribution in [0.5, 0.6) is 0 Å². The van der Waals surface area contributed by atoms with Crippen LogP contribution in [0.2, 0.25) is 0 Å². The molecule has 1 saturated heterocycles. The second-order valence-corrected chi connectivity index (χ2v) is 5.00. The van der Waals surface area contributed by atoms with Crippen LogP contribution in [-0.4, -0.2) is 62.5 Å². The zero-order valence-corrected chi connectivity index (χ0v) is 11.0. The van der Waals surface area contributed by atoms with Crippen molar-refractivity contribution in [1.82, 2.24) is 14.1 Å². The lowest BCUT2D eigenvalue weighted by Crippen LogP contribution is -2.49. The van der Waals surface area contributed by atoms with Crippen molar-refractivity contribution in [3.63, 3.8) is 0 Å². The summed E-state index contributed by atoms with van der Waals surface area (Å²) in [5, 5.41) is 31.6. The maximum atomic E-state index is 9.91. The molecule has 1 aliphatic rings. The Morgan fingerprint density at radius 3 is 2.94 bits per heavy atom. The first-order valence-electron chi connectivity index (χ1n) is 5.91. The second kappa shape index (κ2) is 5.89. The zero-order chi connectivity index (χ0) is 13.1. The van der Waals surface area contributed by atoms with Gasteiger partial charge in [-0.25, -0.2) is 0 Å². The minimum absolute atomic E-state index is 0.341. The number of hydrogen-bond acceptors (Lipinski definition) is 8. The highest BCUT2D eigenvalue weighted by Crippen LogP contribution is 2.27. The number of anilines is 1. The monoisotopic (exact) mass is 274 g/mol.